The van der Waals surface area contributed by atoms with Crippen molar-refractivity contribution in [3.63, 3.8) is 0 Å². The molecule has 0 radical (unpaired) electrons. The minimum absolute atomic E-state index is 0.868. The van der Waals surface area contributed by atoms with Gasteiger partial charge in [-0.3, -0.25) is 0 Å². The molecule has 0 aliphatic carbocycles. The number of hydrogen-bond donors (Lipinski definition) is 1. The zero-order valence-corrected chi connectivity index (χ0v) is 12.0. The Labute approximate surface area is 112 Å². The van der Waals surface area contributed by atoms with Crippen LogP contribution in [0.15, 0.2) is 42.6 Å². The van der Waals surface area contributed by atoms with Crippen LogP contribution in [0.5, 0.6) is 0 Å². The van der Waals surface area contributed by atoms with Gasteiger partial charge in [-0.1, -0.05) is 30.4 Å². The molecule has 0 bridgehead atoms. The van der Waals surface area contributed by atoms with E-state index in [1.807, 2.05) is 0 Å². The summed E-state index contributed by atoms with van der Waals surface area (Å²) < 4.78 is 0. The van der Waals surface area contributed by atoms with Crippen LogP contribution in [0.3, 0.4) is 0 Å². The molecule has 1 rings (SSSR count). The van der Waals surface area contributed by atoms with Gasteiger partial charge < -0.3 is 5.32 Å². The summed E-state index contributed by atoms with van der Waals surface area (Å²) in [4.78, 5) is 0. The van der Waals surface area contributed by atoms with Crippen LogP contribution in [0.4, 0.5) is 0 Å². The molecule has 0 saturated carbocycles. The van der Waals surface area contributed by atoms with Crippen LogP contribution < -0.4 is 5.32 Å². The van der Waals surface area contributed by atoms with Crippen LogP contribution in [0.2, 0.25) is 0 Å². The van der Waals surface area contributed by atoms with Crippen molar-refractivity contribution in [2.24, 2.45) is 0 Å². The molecule has 0 fully saturated rings. The van der Waals surface area contributed by atoms with Gasteiger partial charge in [0.15, 0.2) is 0 Å². The molecule has 1 aromatic carbocycles. The number of rotatable bonds is 7. The molecule has 1 aromatic rings. The molecular weight excluding hydrogens is 218 g/mol. The van der Waals surface area contributed by atoms with E-state index in [2.05, 4.69) is 57.4 Å². The van der Waals surface area contributed by atoms with Crippen molar-refractivity contribution in [3.8, 4) is 0 Å². The predicted octanol–water partition coefficient (Wildman–Crippen LogP) is 4.65. The molecular formula is C17H25N. The van der Waals surface area contributed by atoms with Crippen molar-refractivity contribution in [1.82, 2.24) is 5.32 Å². The van der Waals surface area contributed by atoms with Gasteiger partial charge in [0.2, 0.25) is 0 Å². The molecule has 0 amide bonds. The van der Waals surface area contributed by atoms with Gasteiger partial charge in [-0.2, -0.15) is 0 Å². The third-order valence-electron chi connectivity index (χ3n) is 3.20. The maximum Gasteiger partial charge on any atom is 0.0397 e. The Bertz CT molecular complexity index is 429. The summed E-state index contributed by atoms with van der Waals surface area (Å²) in [5.41, 5.74) is 6.38. The first-order valence-electron chi connectivity index (χ1n) is 6.61. The largest absolute Gasteiger partial charge is 0.385 e. The molecule has 1 nitrogen and oxygen atoms in total. The van der Waals surface area contributed by atoms with Gasteiger partial charge in [-0.05, 0) is 56.7 Å². The van der Waals surface area contributed by atoms with Crippen molar-refractivity contribution >= 4 is 0 Å². The lowest BCUT2D eigenvalue weighted by molar-refractivity contribution is 0.711. The van der Waals surface area contributed by atoms with Crippen LogP contribution in [-0.4, -0.2) is 0 Å². The van der Waals surface area contributed by atoms with Crippen LogP contribution in [0.1, 0.15) is 42.9 Å². The molecule has 0 aromatic heterocycles. The van der Waals surface area contributed by atoms with E-state index in [1.54, 1.807) is 0 Å². The average molecular weight is 243 g/mol. The molecule has 98 valence electrons. The van der Waals surface area contributed by atoms with Crippen LogP contribution in [0, 0.1) is 13.8 Å². The maximum absolute atomic E-state index is 4.07. The number of nitrogens with one attached hydrogen (secondary N) is 1. The van der Waals surface area contributed by atoms with E-state index in [0.29, 0.717) is 0 Å². The highest BCUT2D eigenvalue weighted by Crippen LogP contribution is 2.11. The fraction of sp³-hybridized carbons (Fsp3) is 0.412. The van der Waals surface area contributed by atoms with Crippen molar-refractivity contribution in [2.75, 3.05) is 0 Å². The first-order valence-corrected chi connectivity index (χ1v) is 6.61. The number of hydrogen-bond acceptors (Lipinski definition) is 1. The van der Waals surface area contributed by atoms with Gasteiger partial charge in [0.1, 0.15) is 0 Å². The lowest BCUT2D eigenvalue weighted by Gasteiger charge is -2.11. The summed E-state index contributed by atoms with van der Waals surface area (Å²) in [5, 5.41) is 3.40. The molecule has 0 heterocycles. The summed E-state index contributed by atoms with van der Waals surface area (Å²) in [7, 11) is 0. The highest BCUT2D eigenvalue weighted by molar-refractivity contribution is 5.30. The molecule has 1 heteroatoms. The van der Waals surface area contributed by atoms with Crippen LogP contribution in [0.25, 0.3) is 0 Å². The molecule has 0 unspecified atom stereocenters. The third-order valence-corrected chi connectivity index (χ3v) is 3.20. The highest BCUT2D eigenvalue weighted by atomic mass is 14.9. The van der Waals surface area contributed by atoms with E-state index >= 15 is 0 Å². The summed E-state index contributed by atoms with van der Waals surface area (Å²) in [6, 6.07) is 6.59. The van der Waals surface area contributed by atoms with Gasteiger partial charge in [-0.25, -0.2) is 0 Å². The molecule has 0 aliphatic rings. The summed E-state index contributed by atoms with van der Waals surface area (Å²) in [6.45, 7) is 15.2. The Hall–Kier alpha value is -1.50. The minimum Gasteiger partial charge on any atom is -0.385 e. The second-order valence-electron chi connectivity index (χ2n) is 5.19. The van der Waals surface area contributed by atoms with Crippen molar-refractivity contribution in [3.05, 3.63) is 59.3 Å². The van der Waals surface area contributed by atoms with Crippen molar-refractivity contribution < 1.29 is 0 Å². The van der Waals surface area contributed by atoms with E-state index < -0.39 is 0 Å². The third kappa shape index (κ3) is 5.22. The van der Waals surface area contributed by atoms with Gasteiger partial charge in [0.05, 0.1) is 0 Å². The van der Waals surface area contributed by atoms with E-state index in [9.17, 15) is 0 Å². The standard InChI is InChI=1S/C17H25N/c1-13(2)7-6-8-16(5)18-12-17-10-9-14(3)15(4)11-17/h9-11,18H,1,5-8,12H2,2-4H3. The smallest absolute Gasteiger partial charge is 0.0397 e. The summed E-state index contributed by atoms with van der Waals surface area (Å²) in [5.74, 6) is 0. The fourth-order valence-electron chi connectivity index (χ4n) is 1.83. The predicted molar refractivity (Wildman–Crippen MR) is 80.6 cm³/mol. The van der Waals surface area contributed by atoms with E-state index in [1.165, 1.54) is 22.3 Å². The van der Waals surface area contributed by atoms with Crippen molar-refractivity contribution in [2.45, 2.75) is 46.6 Å². The second-order valence-corrected chi connectivity index (χ2v) is 5.19. The maximum atomic E-state index is 4.07. The summed E-state index contributed by atoms with van der Waals surface area (Å²) >= 11 is 0. The number of aryl methyl sites for hydroxylation is 2. The lowest BCUT2D eigenvalue weighted by atomic mass is 10.1. The fourth-order valence-corrected chi connectivity index (χ4v) is 1.83. The molecule has 0 spiro atoms. The number of allylic oxidation sites excluding steroid dienone is 2. The molecule has 1 N–H and O–H groups in total. The Morgan fingerprint density at radius 1 is 1.11 bits per heavy atom. The van der Waals surface area contributed by atoms with Gasteiger partial charge in [0.25, 0.3) is 0 Å². The lowest BCUT2D eigenvalue weighted by Crippen LogP contribution is -2.12. The highest BCUT2D eigenvalue weighted by Gasteiger charge is 1.98. The van der Waals surface area contributed by atoms with Gasteiger partial charge in [-0.15, -0.1) is 6.58 Å². The first kappa shape index (κ1) is 14.6. The van der Waals surface area contributed by atoms with Gasteiger partial charge in [0, 0.05) is 12.2 Å². The van der Waals surface area contributed by atoms with Crippen molar-refractivity contribution in [1.29, 1.82) is 0 Å². The molecule has 0 aliphatic heterocycles. The molecule has 18 heavy (non-hydrogen) atoms. The zero-order chi connectivity index (χ0) is 13.5. The second kappa shape index (κ2) is 7.05. The Morgan fingerprint density at radius 3 is 2.44 bits per heavy atom. The Kier molecular flexibility index (Phi) is 5.70. The van der Waals surface area contributed by atoms with Crippen LogP contribution >= 0.6 is 0 Å². The normalized spacial score (nSPS) is 10.2. The topological polar surface area (TPSA) is 12.0 Å². The van der Waals surface area contributed by atoms with E-state index in [-0.39, 0.29) is 0 Å². The Balaban J connectivity index is 2.33. The minimum atomic E-state index is 0.868. The Morgan fingerprint density at radius 2 is 1.83 bits per heavy atom. The monoisotopic (exact) mass is 243 g/mol. The van der Waals surface area contributed by atoms with E-state index in [4.69, 9.17) is 0 Å². The first-order chi connectivity index (χ1) is 8.49. The molecule has 0 saturated heterocycles. The van der Waals surface area contributed by atoms with Gasteiger partial charge >= 0.3 is 0 Å². The van der Waals surface area contributed by atoms with E-state index in [0.717, 1.165) is 31.5 Å². The molecule has 0 atom stereocenters. The average Bonchev–Trinajstić information content (AvgIpc) is 2.30. The number of benzene rings is 1. The SMILES string of the molecule is C=C(C)CCCC(=C)NCc1ccc(C)c(C)c1. The quantitative estimate of drug-likeness (QED) is 0.687. The zero-order valence-electron chi connectivity index (χ0n) is 12.0. The van der Waals surface area contributed by atoms with Crippen LogP contribution in [-0.2, 0) is 6.54 Å². The summed E-state index contributed by atoms with van der Waals surface area (Å²) in [6.07, 6.45) is 3.25.